The summed E-state index contributed by atoms with van der Waals surface area (Å²) in [6, 6.07) is 9.69. The topological polar surface area (TPSA) is 18.5 Å². The molecule has 2 aromatic rings. The predicted octanol–water partition coefficient (Wildman–Crippen LogP) is 4.16. The fourth-order valence-corrected chi connectivity index (χ4v) is 1.98. The van der Waals surface area contributed by atoms with Gasteiger partial charge in [-0.05, 0) is 24.3 Å². The van der Waals surface area contributed by atoms with Crippen molar-refractivity contribution in [1.29, 1.82) is 0 Å². The summed E-state index contributed by atoms with van der Waals surface area (Å²) < 4.78 is 24.3. The van der Waals surface area contributed by atoms with Crippen LogP contribution in [0.25, 0.3) is 11.1 Å². The first-order valence-electron chi connectivity index (χ1n) is 5.33. The molecule has 0 aliphatic rings. The van der Waals surface area contributed by atoms with Crippen LogP contribution in [-0.2, 0) is 0 Å². The van der Waals surface area contributed by atoms with Gasteiger partial charge < -0.3 is 9.47 Å². The van der Waals surface area contributed by atoms with E-state index in [0.717, 1.165) is 0 Å². The van der Waals surface area contributed by atoms with Crippen LogP contribution in [0.15, 0.2) is 36.4 Å². The lowest BCUT2D eigenvalue weighted by atomic mass is 10.0. The van der Waals surface area contributed by atoms with Gasteiger partial charge in [-0.25, -0.2) is 4.39 Å². The van der Waals surface area contributed by atoms with Gasteiger partial charge in [0.05, 0.1) is 14.2 Å². The van der Waals surface area contributed by atoms with Crippen molar-refractivity contribution in [2.45, 2.75) is 0 Å². The van der Waals surface area contributed by atoms with Crippen LogP contribution in [0, 0.1) is 5.82 Å². The quantitative estimate of drug-likeness (QED) is 0.830. The summed E-state index contributed by atoms with van der Waals surface area (Å²) in [6.07, 6.45) is 0. The molecule has 0 amide bonds. The van der Waals surface area contributed by atoms with E-state index >= 15 is 0 Å². The predicted molar refractivity (Wildman–Crippen MR) is 70.0 cm³/mol. The van der Waals surface area contributed by atoms with Crippen LogP contribution < -0.4 is 9.47 Å². The average molecular weight is 267 g/mol. The van der Waals surface area contributed by atoms with Crippen molar-refractivity contribution in [3.05, 3.63) is 47.2 Å². The third-order valence-corrected chi connectivity index (χ3v) is 2.86. The van der Waals surface area contributed by atoms with E-state index in [9.17, 15) is 4.39 Å². The monoisotopic (exact) mass is 266 g/mol. The van der Waals surface area contributed by atoms with E-state index in [4.69, 9.17) is 21.1 Å². The Morgan fingerprint density at radius 1 is 1.00 bits per heavy atom. The summed E-state index contributed by atoms with van der Waals surface area (Å²) >= 11 is 5.90. The molecule has 0 radical (unpaired) electrons. The van der Waals surface area contributed by atoms with Crippen molar-refractivity contribution in [3.63, 3.8) is 0 Å². The van der Waals surface area contributed by atoms with Crippen molar-refractivity contribution < 1.29 is 13.9 Å². The average Bonchev–Trinajstić information content (AvgIpc) is 2.40. The molecule has 0 aliphatic heterocycles. The SMILES string of the molecule is COc1cccc(-c2cc(Cl)ccc2F)c1OC. The van der Waals surface area contributed by atoms with E-state index in [1.54, 1.807) is 24.3 Å². The second-order valence-electron chi connectivity index (χ2n) is 3.67. The van der Waals surface area contributed by atoms with E-state index in [-0.39, 0.29) is 5.82 Å². The van der Waals surface area contributed by atoms with E-state index in [1.807, 2.05) is 0 Å². The smallest absolute Gasteiger partial charge is 0.168 e. The molecule has 0 spiro atoms. The molecule has 4 heteroatoms. The first kappa shape index (κ1) is 12.7. The number of benzene rings is 2. The van der Waals surface area contributed by atoms with Gasteiger partial charge in [0.25, 0.3) is 0 Å². The fourth-order valence-electron chi connectivity index (χ4n) is 1.80. The first-order chi connectivity index (χ1) is 8.67. The maximum Gasteiger partial charge on any atom is 0.168 e. The molecular weight excluding hydrogens is 255 g/mol. The lowest BCUT2D eigenvalue weighted by molar-refractivity contribution is 0.356. The largest absolute Gasteiger partial charge is 0.493 e. The number of rotatable bonds is 3. The fraction of sp³-hybridized carbons (Fsp3) is 0.143. The molecule has 0 aliphatic carbocycles. The minimum atomic E-state index is -0.356. The number of ether oxygens (including phenoxy) is 2. The Labute approximate surface area is 110 Å². The number of methoxy groups -OCH3 is 2. The van der Waals surface area contributed by atoms with Crippen LogP contribution in [0.1, 0.15) is 0 Å². The third kappa shape index (κ3) is 2.27. The van der Waals surface area contributed by atoms with Gasteiger partial charge in [-0.15, -0.1) is 0 Å². The Kier molecular flexibility index (Phi) is 3.72. The zero-order valence-corrected chi connectivity index (χ0v) is 10.8. The van der Waals surface area contributed by atoms with Crippen molar-refractivity contribution in [2.24, 2.45) is 0 Å². The van der Waals surface area contributed by atoms with Crippen LogP contribution in [0.4, 0.5) is 4.39 Å². The lowest BCUT2D eigenvalue weighted by Gasteiger charge is -2.13. The van der Waals surface area contributed by atoms with Gasteiger partial charge >= 0.3 is 0 Å². The summed E-state index contributed by atoms with van der Waals surface area (Å²) in [7, 11) is 3.06. The van der Waals surface area contributed by atoms with Crippen LogP contribution in [0.3, 0.4) is 0 Å². The van der Waals surface area contributed by atoms with Crippen molar-refractivity contribution in [2.75, 3.05) is 14.2 Å². The summed E-state index contributed by atoms with van der Waals surface area (Å²) in [5, 5.41) is 0.469. The molecule has 0 bridgehead atoms. The van der Waals surface area contributed by atoms with Gasteiger partial charge in [0.15, 0.2) is 11.5 Å². The minimum Gasteiger partial charge on any atom is -0.493 e. The highest BCUT2D eigenvalue weighted by molar-refractivity contribution is 6.30. The highest BCUT2D eigenvalue weighted by atomic mass is 35.5. The molecule has 0 saturated carbocycles. The van der Waals surface area contributed by atoms with E-state index < -0.39 is 0 Å². The molecular formula is C14H12ClFO2. The molecule has 0 unspecified atom stereocenters. The summed E-state index contributed by atoms with van der Waals surface area (Å²) in [4.78, 5) is 0. The zero-order valence-electron chi connectivity index (χ0n) is 10.0. The molecule has 0 atom stereocenters. The van der Waals surface area contributed by atoms with Crippen LogP contribution in [-0.4, -0.2) is 14.2 Å². The Bertz CT molecular complexity index is 570. The van der Waals surface area contributed by atoms with Gasteiger partial charge in [-0.2, -0.15) is 0 Å². The Balaban J connectivity index is 2.66. The highest BCUT2D eigenvalue weighted by Crippen LogP contribution is 2.39. The highest BCUT2D eigenvalue weighted by Gasteiger charge is 2.14. The molecule has 18 heavy (non-hydrogen) atoms. The van der Waals surface area contributed by atoms with Gasteiger partial charge in [0.1, 0.15) is 5.82 Å². The van der Waals surface area contributed by atoms with Crippen molar-refractivity contribution >= 4 is 11.6 Å². The molecule has 2 aromatic carbocycles. The van der Waals surface area contributed by atoms with Crippen LogP contribution in [0.5, 0.6) is 11.5 Å². The summed E-state index contributed by atoms with van der Waals surface area (Å²) in [5.74, 6) is 0.682. The van der Waals surface area contributed by atoms with Crippen LogP contribution in [0.2, 0.25) is 5.02 Å². The number of halogens is 2. The van der Waals surface area contributed by atoms with Gasteiger partial charge in [0, 0.05) is 16.1 Å². The summed E-state index contributed by atoms with van der Waals surface area (Å²) in [6.45, 7) is 0. The molecule has 0 fully saturated rings. The Morgan fingerprint density at radius 2 is 1.78 bits per heavy atom. The molecule has 0 aromatic heterocycles. The van der Waals surface area contributed by atoms with Crippen molar-refractivity contribution in [1.82, 2.24) is 0 Å². The Morgan fingerprint density at radius 3 is 2.44 bits per heavy atom. The standard InChI is InChI=1S/C14H12ClFO2/c1-17-13-5-3-4-10(14(13)18-2)11-8-9(15)6-7-12(11)16/h3-8H,1-2H3. The summed E-state index contributed by atoms with van der Waals surface area (Å²) in [5.41, 5.74) is 0.995. The van der Waals surface area contributed by atoms with Crippen LogP contribution >= 0.6 is 11.6 Å². The minimum absolute atomic E-state index is 0.356. The molecule has 2 rings (SSSR count). The number of para-hydroxylation sites is 1. The van der Waals surface area contributed by atoms with Gasteiger partial charge in [-0.1, -0.05) is 23.7 Å². The molecule has 94 valence electrons. The lowest BCUT2D eigenvalue weighted by Crippen LogP contribution is -1.94. The number of hydrogen-bond acceptors (Lipinski definition) is 2. The normalized spacial score (nSPS) is 10.2. The third-order valence-electron chi connectivity index (χ3n) is 2.62. The van der Waals surface area contributed by atoms with E-state index in [1.165, 1.54) is 26.4 Å². The van der Waals surface area contributed by atoms with E-state index in [0.29, 0.717) is 27.6 Å². The second kappa shape index (κ2) is 5.27. The molecule has 0 heterocycles. The number of hydrogen-bond donors (Lipinski definition) is 0. The second-order valence-corrected chi connectivity index (χ2v) is 4.10. The van der Waals surface area contributed by atoms with E-state index in [2.05, 4.69) is 0 Å². The first-order valence-corrected chi connectivity index (χ1v) is 5.71. The van der Waals surface area contributed by atoms with Gasteiger partial charge in [-0.3, -0.25) is 0 Å². The van der Waals surface area contributed by atoms with Crippen molar-refractivity contribution in [3.8, 4) is 22.6 Å². The maximum atomic E-state index is 13.9. The molecule has 2 nitrogen and oxygen atoms in total. The molecule has 0 saturated heterocycles. The van der Waals surface area contributed by atoms with Gasteiger partial charge in [0.2, 0.25) is 0 Å². The maximum absolute atomic E-state index is 13.9. The Hall–Kier alpha value is -1.74. The molecule has 0 N–H and O–H groups in total. The zero-order chi connectivity index (χ0) is 13.1.